The Labute approximate surface area is 159 Å². The summed E-state index contributed by atoms with van der Waals surface area (Å²) < 4.78 is 0. The van der Waals surface area contributed by atoms with Crippen LogP contribution in [-0.2, 0) is 11.2 Å². The molecule has 2 atom stereocenters. The molecule has 1 aromatic heterocycles. The predicted molar refractivity (Wildman–Crippen MR) is 105 cm³/mol. The van der Waals surface area contributed by atoms with E-state index in [0.717, 1.165) is 24.8 Å². The van der Waals surface area contributed by atoms with Crippen LogP contribution in [0.3, 0.4) is 0 Å². The second-order valence-corrected chi connectivity index (χ2v) is 8.04. The van der Waals surface area contributed by atoms with Gasteiger partial charge in [0.2, 0.25) is 5.91 Å². The van der Waals surface area contributed by atoms with Crippen LogP contribution in [0.1, 0.15) is 48.7 Å². The number of thiophene rings is 1. The topological polar surface area (TPSA) is 64.9 Å². The number of nitrogens with zero attached hydrogens (tertiary/aromatic N) is 1. The van der Waals surface area contributed by atoms with E-state index in [4.69, 9.17) is 0 Å². The molecule has 3 rings (SSSR count). The first-order valence-corrected chi connectivity index (χ1v) is 10.0. The molecule has 2 N–H and O–H groups in total. The van der Waals surface area contributed by atoms with Crippen molar-refractivity contribution in [3.05, 3.63) is 57.8 Å². The van der Waals surface area contributed by atoms with Crippen LogP contribution in [0.25, 0.3) is 0 Å². The minimum Gasteiger partial charge on any atom is -0.337 e. The van der Waals surface area contributed by atoms with Crippen LogP contribution in [0.2, 0.25) is 0 Å². The second-order valence-electron chi connectivity index (χ2n) is 7.06. The van der Waals surface area contributed by atoms with E-state index in [-0.39, 0.29) is 24.4 Å². The van der Waals surface area contributed by atoms with Gasteiger partial charge in [-0.3, -0.25) is 10.1 Å². The Hall–Kier alpha value is -2.16. The van der Waals surface area contributed by atoms with Crippen LogP contribution in [0.5, 0.6) is 0 Å². The average Bonchev–Trinajstić information content (AvgIpc) is 3.39. The van der Waals surface area contributed by atoms with Crippen molar-refractivity contribution >= 4 is 17.2 Å². The zero-order valence-electron chi connectivity index (χ0n) is 15.3. The maximum Gasteiger partial charge on any atom is 0.235 e. The molecule has 4 nitrogen and oxygen atoms in total. The molecule has 0 bridgehead atoms. The highest BCUT2D eigenvalue weighted by molar-refractivity contribution is 7.10. The fraction of sp³-hybridized carbons (Fsp3) is 0.429. The summed E-state index contributed by atoms with van der Waals surface area (Å²) in [4.78, 5) is 13.6. The van der Waals surface area contributed by atoms with Crippen LogP contribution in [0.4, 0.5) is 0 Å². The van der Waals surface area contributed by atoms with Gasteiger partial charge in [0, 0.05) is 4.88 Å². The zero-order valence-corrected chi connectivity index (χ0v) is 16.1. The fourth-order valence-corrected chi connectivity index (χ4v) is 4.02. The highest BCUT2D eigenvalue weighted by Crippen LogP contribution is 2.39. The Morgan fingerprint density at radius 1 is 1.35 bits per heavy atom. The number of carbonyl (C=O) groups is 1. The third-order valence-electron chi connectivity index (χ3n) is 5.04. The lowest BCUT2D eigenvalue weighted by atomic mass is 9.98. The van der Waals surface area contributed by atoms with Crippen LogP contribution in [0.15, 0.2) is 41.8 Å². The quantitative estimate of drug-likeness (QED) is 0.746. The lowest BCUT2D eigenvalue weighted by Gasteiger charge is -2.24. The first-order valence-electron chi connectivity index (χ1n) is 9.13. The van der Waals surface area contributed by atoms with E-state index in [9.17, 15) is 10.1 Å². The van der Waals surface area contributed by atoms with Crippen molar-refractivity contribution in [2.24, 2.45) is 5.92 Å². The molecule has 1 aromatic carbocycles. The van der Waals surface area contributed by atoms with Gasteiger partial charge in [-0.05, 0) is 54.7 Å². The van der Waals surface area contributed by atoms with Crippen molar-refractivity contribution in [1.82, 2.24) is 10.6 Å². The summed E-state index contributed by atoms with van der Waals surface area (Å²) in [5.74, 6) is 0.152. The summed E-state index contributed by atoms with van der Waals surface area (Å²) in [6, 6.07) is 14.9. The minimum atomic E-state index is -0.750. The Kier molecular flexibility index (Phi) is 5.75. The molecule has 1 heterocycles. The Morgan fingerprint density at radius 2 is 2.08 bits per heavy atom. The maximum absolute atomic E-state index is 12.4. The molecule has 1 fully saturated rings. The molecule has 0 aliphatic heterocycles. The normalized spacial score (nSPS) is 17.1. The molecule has 0 unspecified atom stereocenters. The standard InChI is InChI=1S/C21H25N3OS/c1-3-15-6-8-16(9-7-15)20(18-5-4-12-26-18)23-13-19(25)24-21(2,14-22)17-10-11-17/h4-9,12,17,20,23H,3,10-11,13H2,1-2H3,(H,24,25)/t20-,21+/m1/s1. The smallest absolute Gasteiger partial charge is 0.235 e. The molecule has 1 aliphatic carbocycles. The van der Waals surface area contributed by atoms with Crippen molar-refractivity contribution in [2.45, 2.75) is 44.7 Å². The number of aryl methyl sites for hydroxylation is 1. The van der Waals surface area contributed by atoms with E-state index in [2.05, 4.69) is 54.0 Å². The largest absolute Gasteiger partial charge is 0.337 e. The van der Waals surface area contributed by atoms with E-state index in [1.165, 1.54) is 10.4 Å². The van der Waals surface area contributed by atoms with Crippen molar-refractivity contribution in [3.63, 3.8) is 0 Å². The lowest BCUT2D eigenvalue weighted by molar-refractivity contribution is -0.121. The van der Waals surface area contributed by atoms with Gasteiger partial charge in [-0.2, -0.15) is 5.26 Å². The van der Waals surface area contributed by atoms with E-state index in [1.807, 2.05) is 18.4 Å². The molecule has 0 radical (unpaired) electrons. The monoisotopic (exact) mass is 367 g/mol. The van der Waals surface area contributed by atoms with E-state index in [1.54, 1.807) is 11.3 Å². The fourth-order valence-electron chi connectivity index (χ4n) is 3.19. The average molecular weight is 368 g/mol. The number of benzene rings is 1. The van der Waals surface area contributed by atoms with E-state index >= 15 is 0 Å². The van der Waals surface area contributed by atoms with Crippen LogP contribution < -0.4 is 10.6 Å². The Bertz CT molecular complexity index is 775. The third-order valence-corrected chi connectivity index (χ3v) is 5.98. The van der Waals surface area contributed by atoms with Gasteiger partial charge >= 0.3 is 0 Å². The molecule has 5 heteroatoms. The molecular formula is C21H25N3OS. The van der Waals surface area contributed by atoms with Crippen molar-refractivity contribution < 1.29 is 4.79 Å². The van der Waals surface area contributed by atoms with Gasteiger partial charge in [0.15, 0.2) is 0 Å². The maximum atomic E-state index is 12.4. The van der Waals surface area contributed by atoms with Gasteiger partial charge in [-0.15, -0.1) is 11.3 Å². The number of nitriles is 1. The highest BCUT2D eigenvalue weighted by Gasteiger charge is 2.42. The minimum absolute atomic E-state index is 0.0269. The number of hydrogen-bond acceptors (Lipinski definition) is 4. The molecule has 136 valence electrons. The molecule has 1 aliphatic rings. The summed E-state index contributed by atoms with van der Waals surface area (Å²) in [6.07, 6.45) is 3.03. The van der Waals surface area contributed by atoms with Crippen molar-refractivity contribution in [2.75, 3.05) is 6.54 Å². The molecule has 2 aromatic rings. The van der Waals surface area contributed by atoms with Gasteiger partial charge in [-0.25, -0.2) is 0 Å². The van der Waals surface area contributed by atoms with Crippen LogP contribution in [0, 0.1) is 17.2 Å². The van der Waals surface area contributed by atoms with Gasteiger partial charge in [0.25, 0.3) is 0 Å². The molecule has 1 amide bonds. The number of carbonyl (C=O) groups excluding carboxylic acids is 1. The number of nitrogens with one attached hydrogen (secondary N) is 2. The summed E-state index contributed by atoms with van der Waals surface area (Å²) in [6.45, 7) is 4.14. The lowest BCUT2D eigenvalue weighted by Crippen LogP contribution is -2.49. The third kappa shape index (κ3) is 4.32. The van der Waals surface area contributed by atoms with Crippen molar-refractivity contribution in [3.8, 4) is 6.07 Å². The summed E-state index contributed by atoms with van der Waals surface area (Å²) in [7, 11) is 0. The summed E-state index contributed by atoms with van der Waals surface area (Å²) in [5.41, 5.74) is 1.69. The SMILES string of the molecule is CCc1ccc([C@@H](NCC(=O)N[C@@](C)(C#N)C2CC2)c2cccs2)cc1. The van der Waals surface area contributed by atoms with Gasteiger partial charge in [0.1, 0.15) is 5.54 Å². The Morgan fingerprint density at radius 3 is 2.62 bits per heavy atom. The molecule has 26 heavy (non-hydrogen) atoms. The van der Waals surface area contributed by atoms with Gasteiger partial charge < -0.3 is 5.32 Å². The first kappa shape index (κ1) is 18.6. The van der Waals surface area contributed by atoms with Crippen molar-refractivity contribution in [1.29, 1.82) is 5.26 Å². The van der Waals surface area contributed by atoms with Gasteiger partial charge in [-0.1, -0.05) is 37.3 Å². The molecule has 0 saturated heterocycles. The summed E-state index contributed by atoms with van der Waals surface area (Å²) in [5, 5.41) is 17.7. The van der Waals surface area contributed by atoms with Crippen LogP contribution >= 0.6 is 11.3 Å². The van der Waals surface area contributed by atoms with Gasteiger partial charge in [0.05, 0.1) is 18.7 Å². The zero-order chi connectivity index (χ0) is 18.6. The molecular weight excluding hydrogens is 342 g/mol. The summed E-state index contributed by atoms with van der Waals surface area (Å²) >= 11 is 1.67. The molecule has 1 saturated carbocycles. The van der Waals surface area contributed by atoms with E-state index in [0.29, 0.717) is 0 Å². The van der Waals surface area contributed by atoms with E-state index < -0.39 is 5.54 Å². The number of rotatable bonds is 8. The predicted octanol–water partition coefficient (Wildman–Crippen LogP) is 3.80. The second kappa shape index (κ2) is 8.03. The number of amides is 1. The Balaban J connectivity index is 1.68. The number of hydrogen-bond donors (Lipinski definition) is 2. The first-order chi connectivity index (χ1) is 12.6. The van der Waals surface area contributed by atoms with Crippen LogP contribution in [-0.4, -0.2) is 18.0 Å². The molecule has 0 spiro atoms. The highest BCUT2D eigenvalue weighted by atomic mass is 32.1.